The molecule has 1 N–H and O–H groups in total. The minimum Gasteiger partial charge on any atom is -0.493 e. The number of ether oxygens (including phenoxy) is 2. The number of hydrogen-bond donors (Lipinski definition) is 1. The molecular formula is C21H18BrClFNO2. The van der Waals surface area contributed by atoms with Crippen molar-refractivity contribution in [2.45, 2.75) is 13.2 Å². The van der Waals surface area contributed by atoms with Crippen molar-refractivity contribution in [2.75, 3.05) is 12.4 Å². The van der Waals surface area contributed by atoms with Crippen molar-refractivity contribution >= 4 is 33.2 Å². The standard InChI is InChI=1S/C21H18BrClFNO2/c1-26-20-10-14(12-25-15-6-3-2-4-7-15)17(22)11-21(20)27-13-16-18(23)8-5-9-19(16)24/h2-11,25H,12-13H2,1H3. The fraction of sp³-hybridized carbons (Fsp3) is 0.143. The molecule has 0 aliphatic rings. The number of anilines is 1. The van der Waals surface area contributed by atoms with Crippen LogP contribution in [0.2, 0.25) is 5.02 Å². The number of halogens is 3. The van der Waals surface area contributed by atoms with E-state index in [-0.39, 0.29) is 6.61 Å². The monoisotopic (exact) mass is 449 g/mol. The molecule has 0 radical (unpaired) electrons. The zero-order valence-electron chi connectivity index (χ0n) is 14.6. The fourth-order valence-electron chi connectivity index (χ4n) is 2.56. The first-order valence-electron chi connectivity index (χ1n) is 8.29. The van der Waals surface area contributed by atoms with E-state index in [0.29, 0.717) is 28.6 Å². The fourth-order valence-corrected chi connectivity index (χ4v) is 3.24. The van der Waals surface area contributed by atoms with Crippen LogP contribution in [0.4, 0.5) is 10.1 Å². The van der Waals surface area contributed by atoms with Gasteiger partial charge in [-0.05, 0) is 42.0 Å². The zero-order chi connectivity index (χ0) is 19.2. The van der Waals surface area contributed by atoms with E-state index in [2.05, 4.69) is 21.2 Å². The highest BCUT2D eigenvalue weighted by Crippen LogP contribution is 2.35. The van der Waals surface area contributed by atoms with Gasteiger partial charge in [-0.1, -0.05) is 51.8 Å². The molecule has 3 aromatic carbocycles. The zero-order valence-corrected chi connectivity index (χ0v) is 17.0. The maximum absolute atomic E-state index is 13.9. The van der Waals surface area contributed by atoms with Gasteiger partial charge in [0.25, 0.3) is 0 Å². The molecule has 0 spiro atoms. The van der Waals surface area contributed by atoms with E-state index in [1.807, 2.05) is 42.5 Å². The number of rotatable bonds is 7. The number of hydrogen-bond acceptors (Lipinski definition) is 3. The summed E-state index contributed by atoms with van der Waals surface area (Å²) in [5.74, 6) is 0.673. The van der Waals surface area contributed by atoms with Crippen LogP contribution in [0, 0.1) is 5.82 Å². The van der Waals surface area contributed by atoms with Gasteiger partial charge in [0.1, 0.15) is 12.4 Å². The Kier molecular flexibility index (Phi) is 6.58. The van der Waals surface area contributed by atoms with E-state index in [1.165, 1.54) is 6.07 Å². The smallest absolute Gasteiger partial charge is 0.162 e. The van der Waals surface area contributed by atoms with Crippen LogP contribution in [0.3, 0.4) is 0 Å². The highest BCUT2D eigenvalue weighted by atomic mass is 79.9. The third kappa shape index (κ3) is 4.93. The predicted molar refractivity (Wildman–Crippen MR) is 110 cm³/mol. The molecule has 0 bridgehead atoms. The molecule has 0 saturated heterocycles. The van der Waals surface area contributed by atoms with E-state index in [1.54, 1.807) is 19.2 Å². The molecular weight excluding hydrogens is 433 g/mol. The molecule has 0 fully saturated rings. The Morgan fingerprint density at radius 1 is 1.04 bits per heavy atom. The van der Waals surface area contributed by atoms with E-state index >= 15 is 0 Å². The summed E-state index contributed by atoms with van der Waals surface area (Å²) in [6.45, 7) is 0.621. The summed E-state index contributed by atoms with van der Waals surface area (Å²) in [7, 11) is 1.57. The topological polar surface area (TPSA) is 30.5 Å². The molecule has 0 atom stereocenters. The lowest BCUT2D eigenvalue weighted by atomic mass is 10.2. The van der Waals surface area contributed by atoms with Crippen molar-refractivity contribution in [3.8, 4) is 11.5 Å². The molecule has 3 nitrogen and oxygen atoms in total. The molecule has 3 rings (SSSR count). The predicted octanol–water partition coefficient (Wildman–Crippen LogP) is 6.44. The summed E-state index contributed by atoms with van der Waals surface area (Å²) in [5.41, 5.74) is 2.34. The molecule has 3 aromatic rings. The Morgan fingerprint density at radius 3 is 2.52 bits per heavy atom. The van der Waals surface area contributed by atoms with Crippen LogP contribution in [-0.4, -0.2) is 7.11 Å². The van der Waals surface area contributed by atoms with Crippen molar-refractivity contribution in [1.82, 2.24) is 0 Å². The number of methoxy groups -OCH3 is 1. The first-order valence-corrected chi connectivity index (χ1v) is 9.46. The largest absolute Gasteiger partial charge is 0.493 e. The van der Waals surface area contributed by atoms with Crippen molar-refractivity contribution in [3.63, 3.8) is 0 Å². The molecule has 140 valence electrons. The van der Waals surface area contributed by atoms with Gasteiger partial charge in [0.15, 0.2) is 11.5 Å². The molecule has 0 aliphatic carbocycles. The first-order chi connectivity index (χ1) is 13.1. The van der Waals surface area contributed by atoms with Gasteiger partial charge in [0.05, 0.1) is 12.1 Å². The average Bonchev–Trinajstić information content (AvgIpc) is 2.67. The van der Waals surface area contributed by atoms with Crippen molar-refractivity contribution in [2.24, 2.45) is 0 Å². The molecule has 0 aromatic heterocycles. The highest BCUT2D eigenvalue weighted by Gasteiger charge is 2.13. The Labute approximate surface area is 171 Å². The summed E-state index contributed by atoms with van der Waals surface area (Å²) < 4.78 is 26.0. The minimum atomic E-state index is -0.399. The van der Waals surface area contributed by atoms with E-state index in [0.717, 1.165) is 15.7 Å². The Bertz CT molecular complexity index is 901. The van der Waals surface area contributed by atoms with Crippen molar-refractivity contribution in [3.05, 3.63) is 87.1 Å². The average molecular weight is 451 g/mol. The molecule has 0 amide bonds. The lowest BCUT2D eigenvalue weighted by Crippen LogP contribution is -2.04. The first kappa shape index (κ1) is 19.5. The van der Waals surface area contributed by atoms with E-state index < -0.39 is 5.82 Å². The van der Waals surface area contributed by atoms with Gasteiger partial charge < -0.3 is 14.8 Å². The second-order valence-corrected chi connectivity index (χ2v) is 7.06. The highest BCUT2D eigenvalue weighted by molar-refractivity contribution is 9.10. The van der Waals surface area contributed by atoms with Gasteiger partial charge in [-0.25, -0.2) is 4.39 Å². The summed E-state index contributed by atoms with van der Waals surface area (Å²) in [4.78, 5) is 0. The molecule has 0 aliphatic heterocycles. The lowest BCUT2D eigenvalue weighted by Gasteiger charge is -2.15. The normalized spacial score (nSPS) is 10.5. The molecule has 0 heterocycles. The van der Waals surface area contributed by atoms with Crippen LogP contribution in [0.5, 0.6) is 11.5 Å². The Hall–Kier alpha value is -2.24. The van der Waals surface area contributed by atoms with E-state index in [4.69, 9.17) is 21.1 Å². The number of nitrogens with one attached hydrogen (secondary N) is 1. The summed E-state index contributed by atoms with van der Waals surface area (Å²) in [6, 6.07) is 18.2. The maximum atomic E-state index is 13.9. The minimum absolute atomic E-state index is 0.00984. The quantitative estimate of drug-likeness (QED) is 0.449. The van der Waals surface area contributed by atoms with Crippen LogP contribution in [-0.2, 0) is 13.2 Å². The van der Waals surface area contributed by atoms with Gasteiger partial charge in [-0.2, -0.15) is 0 Å². The lowest BCUT2D eigenvalue weighted by molar-refractivity contribution is 0.279. The third-order valence-corrected chi connectivity index (χ3v) is 5.12. The molecule has 0 saturated carbocycles. The Morgan fingerprint density at radius 2 is 1.81 bits per heavy atom. The van der Waals surface area contributed by atoms with Crippen LogP contribution in [0.1, 0.15) is 11.1 Å². The molecule has 6 heteroatoms. The Balaban J connectivity index is 1.75. The SMILES string of the molecule is COc1cc(CNc2ccccc2)c(Br)cc1OCc1c(F)cccc1Cl. The van der Waals surface area contributed by atoms with Crippen LogP contribution < -0.4 is 14.8 Å². The van der Waals surface area contributed by atoms with E-state index in [9.17, 15) is 4.39 Å². The summed E-state index contributed by atoms with van der Waals surface area (Å²) in [5, 5.41) is 3.68. The maximum Gasteiger partial charge on any atom is 0.162 e. The van der Waals surface area contributed by atoms with Gasteiger partial charge in [-0.3, -0.25) is 0 Å². The molecule has 0 unspecified atom stereocenters. The third-order valence-electron chi connectivity index (χ3n) is 4.02. The van der Waals surface area contributed by atoms with Crippen LogP contribution in [0.25, 0.3) is 0 Å². The number of benzene rings is 3. The van der Waals surface area contributed by atoms with Gasteiger partial charge in [-0.15, -0.1) is 0 Å². The van der Waals surface area contributed by atoms with Crippen LogP contribution in [0.15, 0.2) is 65.1 Å². The summed E-state index contributed by atoms with van der Waals surface area (Å²) >= 11 is 9.62. The van der Waals surface area contributed by atoms with Crippen molar-refractivity contribution in [1.29, 1.82) is 0 Å². The van der Waals surface area contributed by atoms with Crippen LogP contribution >= 0.6 is 27.5 Å². The second-order valence-electron chi connectivity index (χ2n) is 5.80. The van der Waals surface area contributed by atoms with Crippen molar-refractivity contribution < 1.29 is 13.9 Å². The second kappa shape index (κ2) is 9.11. The van der Waals surface area contributed by atoms with Gasteiger partial charge >= 0.3 is 0 Å². The number of para-hydroxylation sites is 1. The summed E-state index contributed by atoms with van der Waals surface area (Å²) in [6.07, 6.45) is 0. The molecule has 27 heavy (non-hydrogen) atoms. The van der Waals surface area contributed by atoms with Gasteiger partial charge in [0, 0.05) is 22.3 Å². The van der Waals surface area contributed by atoms with Gasteiger partial charge in [0.2, 0.25) is 0 Å².